The zero-order valence-corrected chi connectivity index (χ0v) is 10.8. The van der Waals surface area contributed by atoms with E-state index in [1.807, 2.05) is 36.4 Å². The van der Waals surface area contributed by atoms with Crippen molar-refractivity contribution in [3.8, 4) is 0 Å². The Morgan fingerprint density at radius 1 is 1.22 bits per heavy atom. The van der Waals surface area contributed by atoms with Gasteiger partial charge in [0.05, 0.1) is 12.7 Å². The molecule has 0 aromatic heterocycles. The van der Waals surface area contributed by atoms with Crippen molar-refractivity contribution in [2.75, 3.05) is 0 Å². The molecule has 0 aliphatic heterocycles. The summed E-state index contributed by atoms with van der Waals surface area (Å²) in [5.74, 6) is -0.237. The molecule has 1 aromatic rings. The third-order valence-corrected chi connectivity index (χ3v) is 2.44. The van der Waals surface area contributed by atoms with E-state index in [4.69, 9.17) is 4.74 Å². The van der Waals surface area contributed by atoms with Gasteiger partial charge in [-0.25, -0.2) is 0 Å². The quantitative estimate of drug-likeness (QED) is 0.313. The topological polar surface area (TPSA) is 26.3 Å². The van der Waals surface area contributed by atoms with Gasteiger partial charge in [0.2, 0.25) is 0 Å². The van der Waals surface area contributed by atoms with Crippen LogP contribution in [0.2, 0.25) is 0 Å². The van der Waals surface area contributed by atoms with Crippen molar-refractivity contribution in [3.05, 3.63) is 60.4 Å². The number of benzene rings is 1. The van der Waals surface area contributed by atoms with Gasteiger partial charge in [0.15, 0.2) is 0 Å². The summed E-state index contributed by atoms with van der Waals surface area (Å²) < 4.78 is 4.98. The molecule has 0 amide bonds. The van der Waals surface area contributed by atoms with Gasteiger partial charge in [0, 0.05) is 0 Å². The molecule has 0 radical (unpaired) electrons. The third kappa shape index (κ3) is 6.69. The molecule has 1 aromatic carbocycles. The van der Waals surface area contributed by atoms with Gasteiger partial charge >= 0.3 is 5.97 Å². The highest BCUT2D eigenvalue weighted by Gasteiger charge is 2.01. The van der Waals surface area contributed by atoms with Crippen LogP contribution in [0.25, 0.3) is 0 Å². The first kappa shape index (κ1) is 14.2. The summed E-state index contributed by atoms with van der Waals surface area (Å²) in [4.78, 5) is 11.5. The lowest BCUT2D eigenvalue weighted by molar-refractivity contribution is -0.137. The maximum absolute atomic E-state index is 11.5. The molecule has 1 rings (SSSR count). The molecule has 0 fully saturated rings. The lowest BCUT2D eigenvalue weighted by atomic mass is 10.2. The van der Waals surface area contributed by atoms with E-state index in [0.717, 1.165) is 12.0 Å². The Hall–Kier alpha value is -1.83. The van der Waals surface area contributed by atoms with E-state index in [2.05, 4.69) is 13.0 Å². The number of carbonyl (C=O) groups excluding carboxylic acids is 1. The first-order chi connectivity index (χ1) is 8.83. The maximum atomic E-state index is 11.5. The monoisotopic (exact) mass is 244 g/mol. The van der Waals surface area contributed by atoms with Gasteiger partial charge in [-0.1, -0.05) is 62.2 Å². The Morgan fingerprint density at radius 3 is 2.72 bits per heavy atom. The Labute approximate surface area is 109 Å². The van der Waals surface area contributed by atoms with Crippen LogP contribution in [0.15, 0.2) is 54.8 Å². The van der Waals surface area contributed by atoms with Crippen molar-refractivity contribution in [2.24, 2.45) is 0 Å². The molecule has 0 aliphatic rings. The number of esters is 1. The predicted molar refractivity (Wildman–Crippen MR) is 74.0 cm³/mol. The minimum absolute atomic E-state index is 0.237. The second kappa shape index (κ2) is 9.23. The normalized spacial score (nSPS) is 11.2. The summed E-state index contributed by atoms with van der Waals surface area (Å²) in [5.41, 5.74) is 0.967. The van der Waals surface area contributed by atoms with Crippen molar-refractivity contribution in [2.45, 2.75) is 32.6 Å². The molecule has 0 unspecified atom stereocenters. The smallest absolute Gasteiger partial charge is 0.315 e. The van der Waals surface area contributed by atoms with Crippen LogP contribution in [0, 0.1) is 0 Å². The van der Waals surface area contributed by atoms with E-state index < -0.39 is 0 Å². The van der Waals surface area contributed by atoms with Crippen LogP contribution in [-0.4, -0.2) is 5.97 Å². The van der Waals surface area contributed by atoms with Gasteiger partial charge in [-0.2, -0.15) is 0 Å². The molecular weight excluding hydrogens is 224 g/mol. The summed E-state index contributed by atoms with van der Waals surface area (Å²) in [6, 6.07) is 9.57. The van der Waals surface area contributed by atoms with Crippen molar-refractivity contribution in [1.82, 2.24) is 0 Å². The minimum Gasteiger partial charge on any atom is -0.434 e. The lowest BCUT2D eigenvalue weighted by Gasteiger charge is -1.98. The average Bonchev–Trinajstić information content (AvgIpc) is 2.39. The molecule has 0 saturated carbocycles. The van der Waals surface area contributed by atoms with Crippen LogP contribution in [-0.2, 0) is 16.0 Å². The van der Waals surface area contributed by atoms with E-state index in [1.165, 1.54) is 19.1 Å². The molecule has 0 bridgehead atoms. The first-order valence-corrected chi connectivity index (χ1v) is 6.38. The standard InChI is InChI=1S/C16H20O2/c1-2-3-4-5-6-10-13-18-16(17)14-15-11-8-7-9-12-15/h5-13H,2-4,14H2,1H3. The van der Waals surface area contributed by atoms with Crippen molar-refractivity contribution >= 4 is 5.97 Å². The number of allylic oxidation sites excluding steroid dienone is 3. The van der Waals surface area contributed by atoms with E-state index in [-0.39, 0.29) is 5.97 Å². The summed E-state index contributed by atoms with van der Waals surface area (Å²) in [6.45, 7) is 2.16. The molecule has 2 nitrogen and oxygen atoms in total. The van der Waals surface area contributed by atoms with Crippen LogP contribution in [0.1, 0.15) is 31.7 Å². The summed E-state index contributed by atoms with van der Waals surface area (Å²) in [5, 5.41) is 0. The van der Waals surface area contributed by atoms with Crippen molar-refractivity contribution in [1.29, 1.82) is 0 Å². The molecule has 0 saturated heterocycles. The third-order valence-electron chi connectivity index (χ3n) is 2.44. The number of hydrogen-bond acceptors (Lipinski definition) is 2. The molecule has 0 N–H and O–H groups in total. The SMILES string of the molecule is CCCCC=CC=COC(=O)Cc1ccccc1. The molecule has 0 spiro atoms. The number of carbonyl (C=O) groups is 1. The highest BCUT2D eigenvalue weighted by molar-refractivity contribution is 5.73. The van der Waals surface area contributed by atoms with Crippen LogP contribution in [0.3, 0.4) is 0 Å². The average molecular weight is 244 g/mol. The van der Waals surface area contributed by atoms with Gasteiger partial charge in [-0.05, 0) is 18.1 Å². The number of ether oxygens (including phenoxy) is 1. The predicted octanol–water partition coefficient (Wildman–Crippen LogP) is 4.03. The van der Waals surface area contributed by atoms with Crippen molar-refractivity contribution < 1.29 is 9.53 Å². The van der Waals surface area contributed by atoms with Crippen LogP contribution in [0.4, 0.5) is 0 Å². The zero-order chi connectivity index (χ0) is 13.1. The van der Waals surface area contributed by atoms with Crippen LogP contribution >= 0.6 is 0 Å². The van der Waals surface area contributed by atoms with E-state index in [0.29, 0.717) is 6.42 Å². The van der Waals surface area contributed by atoms with E-state index >= 15 is 0 Å². The Balaban J connectivity index is 2.21. The van der Waals surface area contributed by atoms with E-state index in [1.54, 1.807) is 6.08 Å². The summed E-state index contributed by atoms with van der Waals surface area (Å²) >= 11 is 0. The highest BCUT2D eigenvalue weighted by atomic mass is 16.5. The lowest BCUT2D eigenvalue weighted by Crippen LogP contribution is -2.03. The van der Waals surface area contributed by atoms with Gasteiger partial charge in [0.1, 0.15) is 0 Å². The fourth-order valence-corrected chi connectivity index (χ4v) is 1.46. The molecule has 0 atom stereocenters. The summed E-state index contributed by atoms with van der Waals surface area (Å²) in [7, 11) is 0. The first-order valence-electron chi connectivity index (χ1n) is 6.38. The maximum Gasteiger partial charge on any atom is 0.315 e. The largest absolute Gasteiger partial charge is 0.434 e. The Kier molecular flexibility index (Phi) is 7.29. The second-order valence-electron chi connectivity index (χ2n) is 4.05. The van der Waals surface area contributed by atoms with Crippen molar-refractivity contribution in [3.63, 3.8) is 0 Å². The fourth-order valence-electron chi connectivity index (χ4n) is 1.46. The number of rotatable bonds is 7. The highest BCUT2D eigenvalue weighted by Crippen LogP contribution is 2.01. The summed E-state index contributed by atoms with van der Waals surface area (Å²) in [6.07, 6.45) is 10.9. The Bertz CT molecular complexity index is 391. The molecule has 0 aliphatic carbocycles. The van der Waals surface area contributed by atoms with Gasteiger partial charge in [-0.3, -0.25) is 4.79 Å². The van der Waals surface area contributed by atoms with E-state index in [9.17, 15) is 4.79 Å². The Morgan fingerprint density at radius 2 is 2.00 bits per heavy atom. The fraction of sp³-hybridized carbons (Fsp3) is 0.312. The second-order valence-corrected chi connectivity index (χ2v) is 4.05. The zero-order valence-electron chi connectivity index (χ0n) is 10.8. The van der Waals surface area contributed by atoms with Crippen LogP contribution < -0.4 is 0 Å². The molecule has 96 valence electrons. The van der Waals surface area contributed by atoms with Gasteiger partial charge < -0.3 is 4.74 Å². The minimum atomic E-state index is -0.237. The molecule has 18 heavy (non-hydrogen) atoms. The molecular formula is C16H20O2. The molecule has 0 heterocycles. The van der Waals surface area contributed by atoms with Gasteiger partial charge in [-0.15, -0.1) is 0 Å². The van der Waals surface area contributed by atoms with Crippen LogP contribution in [0.5, 0.6) is 0 Å². The number of hydrogen-bond donors (Lipinski definition) is 0. The molecule has 2 heteroatoms. The number of unbranched alkanes of at least 4 members (excludes halogenated alkanes) is 2. The van der Waals surface area contributed by atoms with Gasteiger partial charge in [0.25, 0.3) is 0 Å².